The molecule has 0 saturated carbocycles. The van der Waals surface area contributed by atoms with Crippen LogP contribution >= 0.6 is 11.6 Å². The first-order valence-electron chi connectivity index (χ1n) is 7.54. The fourth-order valence-electron chi connectivity index (χ4n) is 2.88. The summed E-state index contributed by atoms with van der Waals surface area (Å²) in [6, 6.07) is 6.40. The van der Waals surface area contributed by atoms with E-state index in [-0.39, 0.29) is 0 Å². The standard InChI is InChI=1S/C17H20ClN3/c1-3-19-15-5-4-6-16-13(15)10-20-17(21-16)12-8-7-11(2)14(18)9-12/h7-10,15,19H,3-6H2,1-2H3. The predicted octanol–water partition coefficient (Wildman–Crippen LogP) is 4.09. The molecule has 21 heavy (non-hydrogen) atoms. The number of rotatable bonds is 3. The van der Waals surface area contributed by atoms with Gasteiger partial charge >= 0.3 is 0 Å². The van der Waals surface area contributed by atoms with Crippen molar-refractivity contribution in [1.82, 2.24) is 15.3 Å². The van der Waals surface area contributed by atoms with Crippen LogP contribution in [0, 0.1) is 6.92 Å². The molecule has 1 aromatic heterocycles. The van der Waals surface area contributed by atoms with Crippen LogP contribution in [-0.2, 0) is 6.42 Å². The minimum Gasteiger partial charge on any atom is -0.310 e. The Morgan fingerprint density at radius 3 is 3.00 bits per heavy atom. The lowest BCUT2D eigenvalue weighted by atomic mass is 9.92. The molecule has 0 radical (unpaired) electrons. The molecular weight excluding hydrogens is 282 g/mol. The summed E-state index contributed by atoms with van der Waals surface area (Å²) >= 11 is 6.21. The molecule has 1 N–H and O–H groups in total. The van der Waals surface area contributed by atoms with E-state index in [0.717, 1.165) is 34.9 Å². The molecule has 1 aliphatic carbocycles. The molecule has 4 heteroatoms. The molecule has 1 heterocycles. The van der Waals surface area contributed by atoms with Crippen LogP contribution in [-0.4, -0.2) is 16.5 Å². The smallest absolute Gasteiger partial charge is 0.159 e. The highest BCUT2D eigenvalue weighted by Gasteiger charge is 2.21. The van der Waals surface area contributed by atoms with Crippen LogP contribution in [0.1, 0.15) is 42.6 Å². The van der Waals surface area contributed by atoms with Gasteiger partial charge in [0.25, 0.3) is 0 Å². The highest BCUT2D eigenvalue weighted by atomic mass is 35.5. The SMILES string of the molecule is CCNC1CCCc2nc(-c3ccc(C)c(Cl)c3)ncc21. The molecule has 0 aliphatic heterocycles. The highest BCUT2D eigenvalue weighted by Crippen LogP contribution is 2.30. The molecule has 0 fully saturated rings. The molecule has 1 aromatic carbocycles. The van der Waals surface area contributed by atoms with Gasteiger partial charge in [-0.15, -0.1) is 0 Å². The zero-order chi connectivity index (χ0) is 14.8. The molecule has 0 saturated heterocycles. The zero-order valence-corrected chi connectivity index (χ0v) is 13.2. The molecule has 2 aromatic rings. The Labute approximate surface area is 130 Å². The lowest BCUT2D eigenvalue weighted by Gasteiger charge is -2.25. The van der Waals surface area contributed by atoms with E-state index in [1.807, 2.05) is 31.3 Å². The average molecular weight is 302 g/mol. The summed E-state index contributed by atoms with van der Waals surface area (Å²) in [6.45, 7) is 5.11. The third kappa shape index (κ3) is 2.94. The summed E-state index contributed by atoms with van der Waals surface area (Å²) < 4.78 is 0. The van der Waals surface area contributed by atoms with Gasteiger partial charge in [0.2, 0.25) is 0 Å². The monoisotopic (exact) mass is 301 g/mol. The molecule has 3 nitrogen and oxygen atoms in total. The molecule has 0 spiro atoms. The average Bonchev–Trinajstić information content (AvgIpc) is 2.50. The van der Waals surface area contributed by atoms with Crippen molar-refractivity contribution in [3.05, 3.63) is 46.2 Å². The Kier molecular flexibility index (Phi) is 4.22. The van der Waals surface area contributed by atoms with Crippen LogP contribution in [0.2, 0.25) is 5.02 Å². The first-order valence-corrected chi connectivity index (χ1v) is 7.92. The van der Waals surface area contributed by atoms with Crippen LogP contribution in [0.5, 0.6) is 0 Å². The number of nitrogens with zero attached hydrogens (tertiary/aromatic N) is 2. The van der Waals surface area contributed by atoms with Gasteiger partial charge in [0.05, 0.1) is 0 Å². The van der Waals surface area contributed by atoms with Crippen molar-refractivity contribution in [3.63, 3.8) is 0 Å². The number of aryl methyl sites for hydroxylation is 2. The maximum atomic E-state index is 6.21. The van der Waals surface area contributed by atoms with Gasteiger partial charge < -0.3 is 5.32 Å². The second-order valence-electron chi connectivity index (χ2n) is 5.56. The summed E-state index contributed by atoms with van der Waals surface area (Å²) in [7, 11) is 0. The Morgan fingerprint density at radius 1 is 1.38 bits per heavy atom. The Morgan fingerprint density at radius 2 is 2.24 bits per heavy atom. The number of nitrogens with one attached hydrogen (secondary N) is 1. The van der Waals surface area contributed by atoms with Gasteiger partial charge in [0.1, 0.15) is 0 Å². The third-order valence-electron chi connectivity index (χ3n) is 4.06. The van der Waals surface area contributed by atoms with Crippen molar-refractivity contribution in [3.8, 4) is 11.4 Å². The second kappa shape index (κ2) is 6.12. The summed E-state index contributed by atoms with van der Waals surface area (Å²) in [5.41, 5.74) is 4.49. The van der Waals surface area contributed by atoms with Crippen molar-refractivity contribution in [2.24, 2.45) is 0 Å². The normalized spacial score (nSPS) is 17.6. The largest absolute Gasteiger partial charge is 0.310 e. The molecule has 1 aliphatic rings. The number of fused-ring (bicyclic) bond motifs is 1. The van der Waals surface area contributed by atoms with Gasteiger partial charge in [-0.3, -0.25) is 0 Å². The van der Waals surface area contributed by atoms with E-state index in [1.54, 1.807) is 0 Å². The van der Waals surface area contributed by atoms with E-state index in [2.05, 4.69) is 17.2 Å². The molecule has 0 bridgehead atoms. The van der Waals surface area contributed by atoms with Gasteiger partial charge in [-0.2, -0.15) is 0 Å². The Hall–Kier alpha value is -1.45. The Bertz CT molecular complexity index is 654. The highest BCUT2D eigenvalue weighted by molar-refractivity contribution is 6.31. The van der Waals surface area contributed by atoms with Gasteiger partial charge in [-0.25, -0.2) is 9.97 Å². The van der Waals surface area contributed by atoms with Crippen LogP contribution in [0.4, 0.5) is 0 Å². The molecular formula is C17H20ClN3. The van der Waals surface area contributed by atoms with Crippen LogP contribution < -0.4 is 5.32 Å². The molecule has 1 atom stereocenters. The van der Waals surface area contributed by atoms with Crippen LogP contribution in [0.15, 0.2) is 24.4 Å². The van der Waals surface area contributed by atoms with Crippen molar-refractivity contribution in [1.29, 1.82) is 0 Å². The fourth-order valence-corrected chi connectivity index (χ4v) is 3.06. The summed E-state index contributed by atoms with van der Waals surface area (Å²) in [5.74, 6) is 0.771. The van der Waals surface area contributed by atoms with E-state index >= 15 is 0 Å². The van der Waals surface area contributed by atoms with Gasteiger partial charge in [-0.05, 0) is 44.4 Å². The number of hydrogen-bond donors (Lipinski definition) is 1. The molecule has 110 valence electrons. The quantitative estimate of drug-likeness (QED) is 0.928. The number of benzene rings is 1. The Balaban J connectivity index is 1.97. The van der Waals surface area contributed by atoms with Crippen LogP contribution in [0.3, 0.4) is 0 Å². The van der Waals surface area contributed by atoms with E-state index in [9.17, 15) is 0 Å². The number of halogens is 1. The first-order chi connectivity index (χ1) is 10.2. The molecule has 0 amide bonds. The number of hydrogen-bond acceptors (Lipinski definition) is 3. The summed E-state index contributed by atoms with van der Waals surface area (Å²) in [4.78, 5) is 9.33. The maximum absolute atomic E-state index is 6.21. The van der Waals surface area contributed by atoms with E-state index < -0.39 is 0 Å². The minimum absolute atomic E-state index is 0.398. The lowest BCUT2D eigenvalue weighted by molar-refractivity contribution is 0.464. The van der Waals surface area contributed by atoms with Crippen molar-refractivity contribution in [2.75, 3.05) is 6.54 Å². The second-order valence-corrected chi connectivity index (χ2v) is 5.97. The molecule has 3 rings (SSSR count). The van der Waals surface area contributed by atoms with Crippen molar-refractivity contribution >= 4 is 11.6 Å². The van der Waals surface area contributed by atoms with E-state index in [0.29, 0.717) is 6.04 Å². The van der Waals surface area contributed by atoms with Crippen molar-refractivity contribution < 1.29 is 0 Å². The van der Waals surface area contributed by atoms with Gasteiger partial charge in [-0.1, -0.05) is 30.7 Å². The van der Waals surface area contributed by atoms with Crippen molar-refractivity contribution in [2.45, 2.75) is 39.2 Å². The lowest BCUT2D eigenvalue weighted by Crippen LogP contribution is -2.25. The first kappa shape index (κ1) is 14.5. The topological polar surface area (TPSA) is 37.8 Å². The summed E-state index contributed by atoms with van der Waals surface area (Å²) in [6.07, 6.45) is 5.36. The summed E-state index contributed by atoms with van der Waals surface area (Å²) in [5, 5.41) is 4.28. The van der Waals surface area contributed by atoms with Gasteiger partial charge in [0, 0.05) is 34.1 Å². The molecule has 1 unspecified atom stereocenters. The van der Waals surface area contributed by atoms with E-state index in [1.165, 1.54) is 24.1 Å². The van der Waals surface area contributed by atoms with E-state index in [4.69, 9.17) is 16.6 Å². The maximum Gasteiger partial charge on any atom is 0.159 e. The minimum atomic E-state index is 0.398. The van der Waals surface area contributed by atoms with Crippen LogP contribution in [0.25, 0.3) is 11.4 Å². The third-order valence-corrected chi connectivity index (χ3v) is 4.47. The van der Waals surface area contributed by atoms with Gasteiger partial charge in [0.15, 0.2) is 5.82 Å². The number of aromatic nitrogens is 2. The predicted molar refractivity (Wildman–Crippen MR) is 86.6 cm³/mol. The zero-order valence-electron chi connectivity index (χ0n) is 12.5. The fraction of sp³-hybridized carbons (Fsp3) is 0.412.